The van der Waals surface area contributed by atoms with Gasteiger partial charge in [0, 0.05) is 39.4 Å². The molecular formula is C18H20ClN5OS. The number of rotatable bonds is 3. The first-order chi connectivity index (χ1) is 12.5. The smallest absolute Gasteiger partial charge is 0.274 e. The molecule has 0 spiro atoms. The number of halogens is 1. The summed E-state index contributed by atoms with van der Waals surface area (Å²) < 4.78 is 2.76. The van der Waals surface area contributed by atoms with Crippen molar-refractivity contribution in [3.63, 3.8) is 0 Å². The molecule has 26 heavy (non-hydrogen) atoms. The van der Waals surface area contributed by atoms with E-state index in [1.54, 1.807) is 28.3 Å². The Labute approximate surface area is 161 Å². The van der Waals surface area contributed by atoms with E-state index in [-0.39, 0.29) is 11.9 Å². The highest BCUT2D eigenvalue weighted by Gasteiger charge is 2.28. The molecule has 3 aromatic rings. The van der Waals surface area contributed by atoms with Crippen LogP contribution in [0.2, 0.25) is 5.02 Å². The number of piperidine rings is 1. The first-order valence-corrected chi connectivity index (χ1v) is 9.79. The Hall–Kier alpha value is -2.12. The van der Waals surface area contributed by atoms with Gasteiger partial charge in [0.2, 0.25) is 0 Å². The summed E-state index contributed by atoms with van der Waals surface area (Å²) in [5.41, 5.74) is 1.37. The molecule has 1 amide bonds. The number of aromatic nitrogens is 3. The summed E-state index contributed by atoms with van der Waals surface area (Å²) in [6.45, 7) is 1.75. The van der Waals surface area contributed by atoms with Crippen LogP contribution in [0.1, 0.15) is 23.3 Å². The number of aryl methyl sites for hydroxylation is 1. The van der Waals surface area contributed by atoms with Crippen LogP contribution in [0.4, 0.5) is 5.13 Å². The highest BCUT2D eigenvalue weighted by Crippen LogP contribution is 2.34. The average molecular weight is 390 g/mol. The molecule has 0 atom stereocenters. The van der Waals surface area contributed by atoms with E-state index in [1.165, 1.54) is 0 Å². The lowest BCUT2D eigenvalue weighted by molar-refractivity contribution is 0.0702. The predicted molar refractivity (Wildman–Crippen MR) is 105 cm³/mol. The third kappa shape index (κ3) is 3.17. The van der Waals surface area contributed by atoms with Crippen LogP contribution in [0, 0.1) is 0 Å². The third-order valence-corrected chi connectivity index (χ3v) is 6.28. The molecule has 0 saturated carbocycles. The molecule has 1 aliphatic rings. The molecule has 2 aromatic heterocycles. The van der Waals surface area contributed by atoms with E-state index in [2.05, 4.69) is 16.1 Å². The summed E-state index contributed by atoms with van der Waals surface area (Å²) in [6.07, 6.45) is 3.62. The minimum absolute atomic E-state index is 0.0178. The molecule has 0 unspecified atom stereocenters. The van der Waals surface area contributed by atoms with Crippen LogP contribution >= 0.6 is 22.9 Å². The number of fused-ring (bicyclic) bond motifs is 1. The van der Waals surface area contributed by atoms with Gasteiger partial charge in [0.15, 0.2) is 5.13 Å². The van der Waals surface area contributed by atoms with Crippen molar-refractivity contribution in [2.24, 2.45) is 7.05 Å². The van der Waals surface area contributed by atoms with E-state index < -0.39 is 0 Å². The summed E-state index contributed by atoms with van der Waals surface area (Å²) in [7, 11) is 3.69. The lowest BCUT2D eigenvalue weighted by Gasteiger charge is -2.36. The summed E-state index contributed by atoms with van der Waals surface area (Å²) in [5.74, 6) is -0.0178. The first-order valence-electron chi connectivity index (χ1n) is 8.60. The quantitative estimate of drug-likeness (QED) is 0.688. The molecule has 0 radical (unpaired) electrons. The van der Waals surface area contributed by atoms with Crippen molar-refractivity contribution in [2.75, 3.05) is 25.0 Å². The Morgan fingerprint density at radius 1 is 1.31 bits per heavy atom. The monoisotopic (exact) mass is 389 g/mol. The van der Waals surface area contributed by atoms with E-state index in [0.717, 1.165) is 41.3 Å². The first kappa shape index (κ1) is 17.3. The van der Waals surface area contributed by atoms with Crippen LogP contribution in [0.3, 0.4) is 0 Å². The van der Waals surface area contributed by atoms with Gasteiger partial charge in [-0.2, -0.15) is 5.10 Å². The Morgan fingerprint density at radius 3 is 2.73 bits per heavy atom. The maximum Gasteiger partial charge on any atom is 0.274 e. The molecule has 4 rings (SSSR count). The molecule has 3 heterocycles. The van der Waals surface area contributed by atoms with Crippen molar-refractivity contribution in [2.45, 2.75) is 18.9 Å². The van der Waals surface area contributed by atoms with Crippen LogP contribution in [-0.2, 0) is 7.05 Å². The number of carbonyl (C=O) groups is 1. The second kappa shape index (κ2) is 6.89. The summed E-state index contributed by atoms with van der Waals surface area (Å²) in [4.78, 5) is 21.4. The number of nitrogens with zero attached hydrogens (tertiary/aromatic N) is 5. The van der Waals surface area contributed by atoms with Crippen molar-refractivity contribution in [3.05, 3.63) is 41.2 Å². The van der Waals surface area contributed by atoms with Crippen molar-refractivity contribution >= 4 is 44.2 Å². The van der Waals surface area contributed by atoms with Crippen LogP contribution in [0.5, 0.6) is 0 Å². The van der Waals surface area contributed by atoms with Crippen LogP contribution in [0.15, 0.2) is 30.5 Å². The molecule has 0 N–H and O–H groups in total. The molecule has 6 nitrogen and oxygen atoms in total. The minimum Gasteiger partial charge on any atom is -0.348 e. The van der Waals surface area contributed by atoms with Gasteiger partial charge in [0.1, 0.15) is 11.2 Å². The lowest BCUT2D eigenvalue weighted by Crippen LogP contribution is -2.45. The zero-order valence-electron chi connectivity index (χ0n) is 14.7. The highest BCUT2D eigenvalue weighted by molar-refractivity contribution is 7.22. The topological polar surface area (TPSA) is 54.3 Å². The zero-order chi connectivity index (χ0) is 18.3. The molecule has 1 saturated heterocycles. The fourth-order valence-electron chi connectivity index (χ4n) is 3.36. The molecule has 1 aromatic carbocycles. The summed E-state index contributed by atoms with van der Waals surface area (Å²) in [6, 6.07) is 7.86. The molecule has 0 aliphatic carbocycles. The van der Waals surface area contributed by atoms with Gasteiger partial charge < -0.3 is 9.80 Å². The maximum absolute atomic E-state index is 12.6. The van der Waals surface area contributed by atoms with E-state index in [4.69, 9.17) is 16.6 Å². The second-order valence-electron chi connectivity index (χ2n) is 6.59. The van der Waals surface area contributed by atoms with Gasteiger partial charge in [-0.3, -0.25) is 9.48 Å². The normalized spacial score (nSPS) is 15.6. The fraction of sp³-hybridized carbons (Fsp3) is 0.389. The fourth-order valence-corrected chi connectivity index (χ4v) is 4.68. The average Bonchev–Trinajstić information content (AvgIpc) is 3.28. The molecule has 1 aliphatic heterocycles. The van der Waals surface area contributed by atoms with E-state index in [9.17, 15) is 4.79 Å². The minimum atomic E-state index is -0.0178. The third-order valence-electron chi connectivity index (χ3n) is 4.89. The van der Waals surface area contributed by atoms with Gasteiger partial charge in [0.25, 0.3) is 5.91 Å². The molecule has 1 fully saturated rings. The van der Waals surface area contributed by atoms with Gasteiger partial charge in [-0.15, -0.1) is 0 Å². The maximum atomic E-state index is 12.6. The number of carbonyl (C=O) groups excluding carboxylic acids is 1. The second-order valence-corrected chi connectivity index (χ2v) is 8.01. The number of hydrogen-bond donors (Lipinski definition) is 0. The number of benzene rings is 1. The number of amides is 1. The zero-order valence-corrected chi connectivity index (χ0v) is 16.3. The van der Waals surface area contributed by atoms with Gasteiger partial charge in [-0.1, -0.05) is 29.0 Å². The highest BCUT2D eigenvalue weighted by atomic mass is 35.5. The van der Waals surface area contributed by atoms with Gasteiger partial charge in [0.05, 0.1) is 9.72 Å². The Bertz CT molecular complexity index is 944. The van der Waals surface area contributed by atoms with Gasteiger partial charge in [-0.25, -0.2) is 4.98 Å². The number of anilines is 1. The molecule has 136 valence electrons. The van der Waals surface area contributed by atoms with E-state index in [0.29, 0.717) is 10.7 Å². The van der Waals surface area contributed by atoms with Crippen LogP contribution in [0.25, 0.3) is 10.2 Å². The van der Waals surface area contributed by atoms with E-state index in [1.807, 2.05) is 31.1 Å². The van der Waals surface area contributed by atoms with Gasteiger partial charge in [-0.05, 0) is 31.0 Å². The van der Waals surface area contributed by atoms with Crippen molar-refractivity contribution < 1.29 is 4.79 Å². The van der Waals surface area contributed by atoms with Crippen molar-refractivity contribution in [1.82, 2.24) is 19.7 Å². The summed E-state index contributed by atoms with van der Waals surface area (Å²) >= 11 is 7.91. The van der Waals surface area contributed by atoms with Crippen LogP contribution < -0.4 is 4.90 Å². The van der Waals surface area contributed by atoms with Crippen molar-refractivity contribution in [3.8, 4) is 0 Å². The Kier molecular flexibility index (Phi) is 4.58. The SMILES string of the molecule is CN(C(=O)c1ccn(C)n1)C1CCN(c2nc3c(Cl)cccc3s2)CC1. The number of thiazole rings is 1. The molecule has 8 heteroatoms. The molecule has 0 bridgehead atoms. The van der Waals surface area contributed by atoms with Crippen molar-refractivity contribution in [1.29, 1.82) is 0 Å². The van der Waals surface area contributed by atoms with E-state index >= 15 is 0 Å². The largest absolute Gasteiger partial charge is 0.348 e. The Balaban J connectivity index is 1.43. The number of para-hydroxylation sites is 1. The standard InChI is InChI=1S/C18H20ClN5OS/c1-22-9-8-14(21-22)17(25)23(2)12-6-10-24(11-7-12)18-20-16-13(19)4-3-5-15(16)26-18/h3-5,8-9,12H,6-7,10-11H2,1-2H3. The van der Waals surface area contributed by atoms with Gasteiger partial charge >= 0.3 is 0 Å². The predicted octanol–water partition coefficient (Wildman–Crippen LogP) is 3.42. The molecular weight excluding hydrogens is 370 g/mol. The van der Waals surface area contributed by atoms with Crippen LogP contribution in [-0.4, -0.2) is 51.8 Å². The Morgan fingerprint density at radius 2 is 2.08 bits per heavy atom. The lowest BCUT2D eigenvalue weighted by atomic mass is 10.0. The summed E-state index contributed by atoms with van der Waals surface area (Å²) in [5, 5.41) is 5.92. The number of hydrogen-bond acceptors (Lipinski definition) is 5.